The Morgan fingerprint density at radius 1 is 0.756 bits per heavy atom. The summed E-state index contributed by atoms with van der Waals surface area (Å²) in [6.45, 7) is 8.76. The number of carbonyl (C=O) groups is 1. The molecule has 11 nitrogen and oxygen atoms in total. The third-order valence-electron chi connectivity index (χ3n) is 7.07. The summed E-state index contributed by atoms with van der Waals surface area (Å²) in [5.41, 5.74) is 0.812. The number of aromatic hydroxyl groups is 2. The number of aromatic nitrogens is 1. The van der Waals surface area contributed by atoms with Crippen molar-refractivity contribution in [2.45, 2.75) is 77.2 Å². The van der Waals surface area contributed by atoms with Gasteiger partial charge in [0.25, 0.3) is 0 Å². The van der Waals surface area contributed by atoms with Gasteiger partial charge in [-0.15, -0.1) is 0 Å². The first-order valence-electron chi connectivity index (χ1n) is 15.5. The summed E-state index contributed by atoms with van der Waals surface area (Å²) in [4.78, 5) is 12.3. The molecule has 0 unspecified atom stereocenters. The van der Waals surface area contributed by atoms with E-state index in [-0.39, 0.29) is 36.6 Å². The zero-order valence-corrected chi connectivity index (χ0v) is 25.1. The maximum atomic E-state index is 12.3. The number of amides is 1. The van der Waals surface area contributed by atoms with Gasteiger partial charge in [0.15, 0.2) is 11.8 Å². The smallest absolute Gasteiger partial charge is 0.221 e. The lowest BCUT2D eigenvalue weighted by atomic mass is 9.91. The molecule has 0 radical (unpaired) electrons. The van der Waals surface area contributed by atoms with Gasteiger partial charge in [-0.25, -0.2) is 0 Å². The Bertz CT molecular complexity index is 780. The Labute approximate surface area is 245 Å². The van der Waals surface area contributed by atoms with Crippen LogP contribution in [0.25, 0.3) is 0 Å². The van der Waals surface area contributed by atoms with Gasteiger partial charge >= 0.3 is 0 Å². The van der Waals surface area contributed by atoms with Crippen molar-refractivity contribution in [3.63, 3.8) is 0 Å². The summed E-state index contributed by atoms with van der Waals surface area (Å²) in [7, 11) is 0. The van der Waals surface area contributed by atoms with Crippen LogP contribution in [0.4, 0.5) is 0 Å². The molecule has 1 fully saturated rings. The number of ether oxygens (including phenoxy) is 6. The molecule has 1 heterocycles. The normalized spacial score (nSPS) is 15.0. The fraction of sp³-hybridized carbons (Fsp3) is 0.833. The fourth-order valence-corrected chi connectivity index (χ4v) is 4.82. The van der Waals surface area contributed by atoms with Gasteiger partial charge in [0.2, 0.25) is 5.91 Å². The second kappa shape index (κ2) is 23.6. The number of hydrogen-bond acceptors (Lipinski definition) is 9. The van der Waals surface area contributed by atoms with Crippen LogP contribution in [0.1, 0.15) is 76.2 Å². The molecular formula is C30H54N2O9. The average Bonchev–Trinajstić information content (AvgIpc) is 3.32. The van der Waals surface area contributed by atoms with Crippen LogP contribution in [0.15, 0.2) is 6.07 Å². The summed E-state index contributed by atoms with van der Waals surface area (Å²) in [6.07, 6.45) is 9.50. The predicted molar refractivity (Wildman–Crippen MR) is 156 cm³/mol. The van der Waals surface area contributed by atoms with E-state index in [1.165, 1.54) is 30.3 Å². The number of nitrogens with one attached hydrogen (secondary N) is 1. The molecule has 0 aliphatic heterocycles. The SMILES string of the molecule is CCOCCOCCOCCOCCOCCOCCNC(=O)CCn1c(O)cc(C2CCCCCCCC2)c1O. The van der Waals surface area contributed by atoms with Crippen molar-refractivity contribution in [3.8, 4) is 11.8 Å². The van der Waals surface area contributed by atoms with Crippen molar-refractivity contribution in [1.29, 1.82) is 0 Å². The Kier molecular flexibility index (Phi) is 20.4. The van der Waals surface area contributed by atoms with Crippen molar-refractivity contribution in [3.05, 3.63) is 11.6 Å². The fourth-order valence-electron chi connectivity index (χ4n) is 4.82. The van der Waals surface area contributed by atoms with E-state index in [1.807, 2.05) is 6.92 Å². The van der Waals surface area contributed by atoms with Crippen LogP contribution >= 0.6 is 0 Å². The molecule has 1 aliphatic carbocycles. The van der Waals surface area contributed by atoms with Crippen molar-refractivity contribution in [2.75, 3.05) is 85.8 Å². The summed E-state index contributed by atoms with van der Waals surface area (Å²) >= 11 is 0. The highest BCUT2D eigenvalue weighted by Crippen LogP contribution is 2.39. The summed E-state index contributed by atoms with van der Waals surface area (Å²) in [6, 6.07) is 1.68. The molecular weight excluding hydrogens is 532 g/mol. The van der Waals surface area contributed by atoms with E-state index in [9.17, 15) is 15.0 Å². The van der Waals surface area contributed by atoms with Gasteiger partial charge in [-0.05, 0) is 25.7 Å². The Morgan fingerprint density at radius 3 is 1.73 bits per heavy atom. The quantitative estimate of drug-likeness (QED) is 0.164. The van der Waals surface area contributed by atoms with Gasteiger partial charge in [-0.3, -0.25) is 9.36 Å². The van der Waals surface area contributed by atoms with Gasteiger partial charge in [-0.1, -0.05) is 38.5 Å². The lowest BCUT2D eigenvalue weighted by Crippen LogP contribution is -2.28. The maximum Gasteiger partial charge on any atom is 0.221 e. The first-order valence-corrected chi connectivity index (χ1v) is 15.5. The van der Waals surface area contributed by atoms with Crippen molar-refractivity contribution >= 4 is 5.91 Å². The molecule has 0 saturated heterocycles. The molecule has 41 heavy (non-hydrogen) atoms. The van der Waals surface area contributed by atoms with E-state index in [0.29, 0.717) is 85.8 Å². The van der Waals surface area contributed by atoms with Crippen LogP contribution in [-0.4, -0.2) is 107 Å². The molecule has 238 valence electrons. The second-order valence-corrected chi connectivity index (χ2v) is 10.2. The minimum atomic E-state index is -0.156. The van der Waals surface area contributed by atoms with E-state index < -0.39 is 0 Å². The van der Waals surface area contributed by atoms with Gasteiger partial charge < -0.3 is 44.0 Å². The molecule has 1 saturated carbocycles. The molecule has 2 rings (SSSR count). The van der Waals surface area contributed by atoms with Crippen molar-refractivity contribution < 1.29 is 43.4 Å². The van der Waals surface area contributed by atoms with Crippen molar-refractivity contribution in [2.24, 2.45) is 0 Å². The lowest BCUT2D eigenvalue weighted by Gasteiger charge is -2.15. The first kappa shape index (κ1) is 35.3. The topological polar surface area (TPSA) is 130 Å². The van der Waals surface area contributed by atoms with Gasteiger partial charge in [0.1, 0.15) is 0 Å². The van der Waals surface area contributed by atoms with E-state index in [4.69, 9.17) is 28.4 Å². The molecule has 11 heteroatoms. The summed E-state index contributed by atoms with van der Waals surface area (Å²) < 4.78 is 33.8. The molecule has 1 aromatic heterocycles. The van der Waals surface area contributed by atoms with E-state index >= 15 is 0 Å². The molecule has 1 amide bonds. The van der Waals surface area contributed by atoms with E-state index in [2.05, 4.69) is 5.32 Å². The molecule has 0 aromatic carbocycles. The summed E-state index contributed by atoms with van der Waals surface area (Å²) in [5.74, 6) is 0.213. The van der Waals surface area contributed by atoms with E-state index in [0.717, 1.165) is 31.2 Å². The predicted octanol–water partition coefficient (Wildman–Crippen LogP) is 3.74. The Morgan fingerprint density at radius 2 is 1.22 bits per heavy atom. The molecule has 1 aromatic rings. The minimum absolute atomic E-state index is 0.0158. The zero-order valence-electron chi connectivity index (χ0n) is 25.1. The van der Waals surface area contributed by atoms with Crippen LogP contribution in [-0.2, 0) is 39.8 Å². The number of carbonyl (C=O) groups excluding carboxylic acids is 1. The Balaban J connectivity index is 1.42. The molecule has 3 N–H and O–H groups in total. The number of nitrogens with zero attached hydrogens (tertiary/aromatic N) is 1. The lowest BCUT2D eigenvalue weighted by molar-refractivity contribution is -0.121. The maximum absolute atomic E-state index is 12.3. The van der Waals surface area contributed by atoms with Crippen LogP contribution in [0.5, 0.6) is 11.8 Å². The largest absolute Gasteiger partial charge is 0.494 e. The third-order valence-corrected chi connectivity index (χ3v) is 7.07. The van der Waals surface area contributed by atoms with Crippen LogP contribution in [0.3, 0.4) is 0 Å². The van der Waals surface area contributed by atoms with E-state index in [1.54, 1.807) is 6.07 Å². The highest BCUT2D eigenvalue weighted by molar-refractivity contribution is 5.75. The third kappa shape index (κ3) is 16.4. The van der Waals surface area contributed by atoms with Crippen LogP contribution < -0.4 is 5.32 Å². The van der Waals surface area contributed by atoms with Gasteiger partial charge in [0.05, 0.1) is 72.7 Å². The van der Waals surface area contributed by atoms with Crippen LogP contribution in [0, 0.1) is 0 Å². The number of rotatable bonds is 23. The molecule has 1 aliphatic rings. The molecule has 0 spiro atoms. The highest BCUT2D eigenvalue weighted by Gasteiger charge is 2.22. The minimum Gasteiger partial charge on any atom is -0.494 e. The average molecular weight is 587 g/mol. The summed E-state index contributed by atoms with van der Waals surface area (Å²) in [5, 5.41) is 24.0. The zero-order chi connectivity index (χ0) is 29.4. The standard InChI is InChI=1S/C30H54N2O9/c1-2-36-15-16-38-19-20-40-23-24-41-22-21-39-18-17-37-14-12-31-28(33)11-13-32-29(34)25-27(30(32)35)26-9-7-5-3-4-6-8-10-26/h25-26,34-35H,2-24H2,1H3,(H,31,33). The van der Waals surface area contributed by atoms with Gasteiger partial charge in [-0.2, -0.15) is 0 Å². The first-order chi connectivity index (χ1) is 20.1. The Hall–Kier alpha value is -1.89. The van der Waals surface area contributed by atoms with Crippen molar-refractivity contribution in [1.82, 2.24) is 9.88 Å². The molecule has 0 bridgehead atoms. The number of hydrogen-bond donors (Lipinski definition) is 3. The monoisotopic (exact) mass is 586 g/mol. The second-order valence-electron chi connectivity index (χ2n) is 10.2. The molecule has 0 atom stereocenters. The van der Waals surface area contributed by atoms with Gasteiger partial charge in [0, 0.05) is 37.7 Å². The van der Waals surface area contributed by atoms with Crippen LogP contribution in [0.2, 0.25) is 0 Å². The highest BCUT2D eigenvalue weighted by atomic mass is 16.6.